The molecule has 0 aliphatic carbocycles. The molecule has 2 heterocycles. The lowest BCUT2D eigenvalue weighted by molar-refractivity contribution is -0.138. The van der Waals surface area contributed by atoms with Crippen molar-refractivity contribution in [2.24, 2.45) is 0 Å². The summed E-state index contributed by atoms with van der Waals surface area (Å²) in [6, 6.07) is 7.43. The Balaban J connectivity index is 2.03. The summed E-state index contributed by atoms with van der Waals surface area (Å²) >= 11 is 0. The zero-order chi connectivity index (χ0) is 16.6. The zero-order valence-corrected chi connectivity index (χ0v) is 12.3. The van der Waals surface area contributed by atoms with Gasteiger partial charge in [-0.15, -0.1) is 0 Å². The van der Waals surface area contributed by atoms with Gasteiger partial charge in [0.25, 0.3) is 5.89 Å². The first kappa shape index (κ1) is 15.2. The van der Waals surface area contributed by atoms with Crippen LogP contribution in [0.4, 0.5) is 13.2 Å². The molecule has 0 atom stereocenters. The molecule has 0 amide bonds. The highest BCUT2D eigenvalue weighted by molar-refractivity contribution is 5.62. The number of nitrogens with zero attached hydrogens (tertiary/aromatic N) is 3. The lowest BCUT2D eigenvalue weighted by Crippen LogP contribution is -2.07. The fraction of sp³-hybridized carbons (Fsp3) is 0.188. The molecule has 0 aliphatic heterocycles. The monoisotopic (exact) mass is 319 g/mol. The van der Waals surface area contributed by atoms with Gasteiger partial charge in [-0.2, -0.15) is 18.2 Å². The minimum absolute atomic E-state index is 0.0359. The van der Waals surface area contributed by atoms with Gasteiger partial charge in [0.1, 0.15) is 0 Å². The SMILES string of the molecule is Cc1ccc(-c2nc(-c3cccnc3C)no2)cc1C(F)(F)F. The van der Waals surface area contributed by atoms with Crippen molar-refractivity contribution >= 4 is 0 Å². The highest BCUT2D eigenvalue weighted by Crippen LogP contribution is 2.34. The van der Waals surface area contributed by atoms with Crippen LogP contribution in [0.15, 0.2) is 41.1 Å². The number of alkyl halides is 3. The van der Waals surface area contributed by atoms with E-state index in [2.05, 4.69) is 15.1 Å². The smallest absolute Gasteiger partial charge is 0.334 e. The first-order chi connectivity index (χ1) is 10.9. The van der Waals surface area contributed by atoms with Crippen molar-refractivity contribution in [1.29, 1.82) is 0 Å². The quantitative estimate of drug-likeness (QED) is 0.701. The molecule has 0 radical (unpaired) electrons. The summed E-state index contributed by atoms with van der Waals surface area (Å²) in [7, 11) is 0. The Morgan fingerprint density at radius 3 is 2.57 bits per heavy atom. The van der Waals surface area contributed by atoms with Crippen LogP contribution in [0.1, 0.15) is 16.8 Å². The minimum atomic E-state index is -4.43. The lowest BCUT2D eigenvalue weighted by atomic mass is 10.0. The fourth-order valence-electron chi connectivity index (χ4n) is 2.23. The largest absolute Gasteiger partial charge is 0.416 e. The van der Waals surface area contributed by atoms with Crippen molar-refractivity contribution in [2.45, 2.75) is 20.0 Å². The Labute approximate surface area is 130 Å². The second-order valence-corrected chi connectivity index (χ2v) is 5.09. The first-order valence-electron chi connectivity index (χ1n) is 6.80. The van der Waals surface area contributed by atoms with Gasteiger partial charge in [0.2, 0.25) is 5.82 Å². The molecule has 2 aromatic heterocycles. The van der Waals surface area contributed by atoms with Crippen LogP contribution in [-0.4, -0.2) is 15.1 Å². The van der Waals surface area contributed by atoms with Crippen LogP contribution >= 0.6 is 0 Å². The molecule has 0 unspecified atom stereocenters. The molecule has 3 rings (SSSR count). The molecular formula is C16H12F3N3O. The van der Waals surface area contributed by atoms with Crippen LogP contribution in [0, 0.1) is 13.8 Å². The van der Waals surface area contributed by atoms with E-state index in [4.69, 9.17) is 4.52 Å². The number of benzene rings is 1. The van der Waals surface area contributed by atoms with Crippen LogP contribution in [0.3, 0.4) is 0 Å². The third-order valence-corrected chi connectivity index (χ3v) is 3.46. The maximum Gasteiger partial charge on any atom is 0.416 e. The molecule has 0 fully saturated rings. The average Bonchev–Trinajstić information content (AvgIpc) is 2.96. The van der Waals surface area contributed by atoms with E-state index in [1.54, 1.807) is 25.3 Å². The molecule has 0 N–H and O–H groups in total. The zero-order valence-electron chi connectivity index (χ0n) is 12.3. The van der Waals surface area contributed by atoms with Gasteiger partial charge in [0.15, 0.2) is 0 Å². The lowest BCUT2D eigenvalue weighted by Gasteiger charge is -2.10. The van der Waals surface area contributed by atoms with Crippen LogP contribution in [0.25, 0.3) is 22.8 Å². The van der Waals surface area contributed by atoms with E-state index in [1.165, 1.54) is 19.1 Å². The van der Waals surface area contributed by atoms with Gasteiger partial charge in [-0.1, -0.05) is 11.2 Å². The normalized spacial score (nSPS) is 11.7. The molecule has 3 aromatic rings. The molecule has 0 bridgehead atoms. The number of aromatic nitrogens is 3. The molecule has 1 aromatic carbocycles. The molecule has 0 spiro atoms. The van der Waals surface area contributed by atoms with Crippen LogP contribution in [0.2, 0.25) is 0 Å². The third kappa shape index (κ3) is 2.94. The average molecular weight is 319 g/mol. The Kier molecular flexibility index (Phi) is 3.63. The Morgan fingerprint density at radius 1 is 1.09 bits per heavy atom. The molecule has 4 nitrogen and oxygen atoms in total. The first-order valence-corrected chi connectivity index (χ1v) is 6.80. The summed E-state index contributed by atoms with van der Waals surface area (Å²) in [5.41, 5.74) is 1.03. The van der Waals surface area contributed by atoms with E-state index in [0.717, 1.165) is 6.07 Å². The van der Waals surface area contributed by atoms with Gasteiger partial charge in [-0.25, -0.2) is 0 Å². The van der Waals surface area contributed by atoms with Crippen LogP contribution in [-0.2, 0) is 6.18 Å². The number of hydrogen-bond acceptors (Lipinski definition) is 4. The van der Waals surface area contributed by atoms with Gasteiger partial charge in [0, 0.05) is 23.0 Å². The standard InChI is InChI=1S/C16H12F3N3O/c1-9-5-6-11(8-13(9)16(17,18)19)15-21-14(22-23-15)12-4-3-7-20-10(12)2/h3-8H,1-2H3. The van der Waals surface area contributed by atoms with E-state index in [1.807, 2.05) is 0 Å². The third-order valence-electron chi connectivity index (χ3n) is 3.46. The number of pyridine rings is 1. The van der Waals surface area contributed by atoms with Crippen LogP contribution < -0.4 is 0 Å². The summed E-state index contributed by atoms with van der Waals surface area (Å²) in [5.74, 6) is 0.327. The summed E-state index contributed by atoms with van der Waals surface area (Å²) in [6.07, 6.45) is -2.79. The molecule has 0 saturated heterocycles. The molecule has 0 saturated carbocycles. The van der Waals surface area contributed by atoms with E-state index in [0.29, 0.717) is 17.1 Å². The summed E-state index contributed by atoms with van der Waals surface area (Å²) in [6.45, 7) is 3.20. The Morgan fingerprint density at radius 2 is 1.87 bits per heavy atom. The fourth-order valence-corrected chi connectivity index (χ4v) is 2.23. The van der Waals surface area contributed by atoms with Gasteiger partial charge in [-0.05, 0) is 43.7 Å². The second kappa shape index (κ2) is 5.49. The highest BCUT2D eigenvalue weighted by atomic mass is 19.4. The molecule has 7 heteroatoms. The van der Waals surface area contributed by atoms with Crippen molar-refractivity contribution in [3.05, 3.63) is 53.3 Å². The van der Waals surface area contributed by atoms with Gasteiger partial charge >= 0.3 is 6.18 Å². The van der Waals surface area contributed by atoms with Crippen LogP contribution in [0.5, 0.6) is 0 Å². The van der Waals surface area contributed by atoms with E-state index < -0.39 is 11.7 Å². The molecular weight excluding hydrogens is 307 g/mol. The van der Waals surface area contributed by atoms with Gasteiger partial charge < -0.3 is 4.52 Å². The number of hydrogen-bond donors (Lipinski definition) is 0. The maximum atomic E-state index is 13.0. The number of halogens is 3. The van der Waals surface area contributed by atoms with Crippen molar-refractivity contribution in [3.63, 3.8) is 0 Å². The number of rotatable bonds is 2. The minimum Gasteiger partial charge on any atom is -0.334 e. The highest BCUT2D eigenvalue weighted by Gasteiger charge is 2.33. The predicted octanol–water partition coefficient (Wildman–Crippen LogP) is 4.43. The second-order valence-electron chi connectivity index (χ2n) is 5.09. The molecule has 118 valence electrons. The maximum absolute atomic E-state index is 13.0. The van der Waals surface area contributed by atoms with E-state index in [-0.39, 0.29) is 17.0 Å². The summed E-state index contributed by atoms with van der Waals surface area (Å²) in [4.78, 5) is 8.30. The Hall–Kier alpha value is -2.70. The van der Waals surface area contributed by atoms with Crippen molar-refractivity contribution < 1.29 is 17.7 Å². The van der Waals surface area contributed by atoms with E-state index in [9.17, 15) is 13.2 Å². The Bertz CT molecular complexity index is 856. The van der Waals surface area contributed by atoms with E-state index >= 15 is 0 Å². The topological polar surface area (TPSA) is 51.8 Å². The predicted molar refractivity (Wildman–Crippen MR) is 77.4 cm³/mol. The number of aryl methyl sites for hydroxylation is 2. The van der Waals surface area contributed by atoms with Crippen molar-refractivity contribution in [1.82, 2.24) is 15.1 Å². The van der Waals surface area contributed by atoms with Gasteiger partial charge in [-0.3, -0.25) is 4.98 Å². The van der Waals surface area contributed by atoms with Gasteiger partial charge in [0.05, 0.1) is 5.56 Å². The van der Waals surface area contributed by atoms with Crippen molar-refractivity contribution in [2.75, 3.05) is 0 Å². The summed E-state index contributed by atoms with van der Waals surface area (Å²) < 4.78 is 44.1. The molecule has 23 heavy (non-hydrogen) atoms. The summed E-state index contributed by atoms with van der Waals surface area (Å²) in [5, 5.41) is 3.83. The molecule has 0 aliphatic rings. The van der Waals surface area contributed by atoms with Crippen molar-refractivity contribution in [3.8, 4) is 22.8 Å².